The van der Waals surface area contributed by atoms with Gasteiger partial charge >= 0.3 is 5.97 Å². The number of Topliss-reactive ketones (excluding diaryl/α,β-unsaturated/α-hetero) is 2. The highest BCUT2D eigenvalue weighted by atomic mass is 32.1. The van der Waals surface area contributed by atoms with Gasteiger partial charge in [0.2, 0.25) is 0 Å². The van der Waals surface area contributed by atoms with Crippen LogP contribution in [0.15, 0.2) is 35.7 Å². The topological polar surface area (TPSA) is 86.5 Å². The zero-order chi connectivity index (χ0) is 15.9. The highest BCUT2D eigenvalue weighted by Gasteiger charge is 2.52. The summed E-state index contributed by atoms with van der Waals surface area (Å²) in [6.07, 6.45) is -0.0145. The summed E-state index contributed by atoms with van der Waals surface area (Å²) in [6.45, 7) is 0. The predicted molar refractivity (Wildman–Crippen MR) is 81.0 cm³/mol. The Bertz CT molecular complexity index is 758. The van der Waals surface area contributed by atoms with E-state index in [-0.39, 0.29) is 6.42 Å². The second kappa shape index (κ2) is 5.15. The molecule has 2 aromatic rings. The van der Waals surface area contributed by atoms with Crippen molar-refractivity contribution >= 4 is 28.9 Å². The summed E-state index contributed by atoms with van der Waals surface area (Å²) < 4.78 is 4.65. The number of nitrogens with two attached hydrogens (primary N) is 1. The minimum absolute atomic E-state index is 0.0145. The van der Waals surface area contributed by atoms with Gasteiger partial charge in [-0.15, -0.1) is 11.3 Å². The van der Waals surface area contributed by atoms with Crippen LogP contribution in [0.2, 0.25) is 0 Å². The van der Waals surface area contributed by atoms with Gasteiger partial charge < -0.3 is 10.5 Å². The minimum atomic E-state index is -1.76. The molecule has 1 aliphatic rings. The van der Waals surface area contributed by atoms with E-state index >= 15 is 0 Å². The van der Waals surface area contributed by atoms with Crippen LogP contribution in [-0.2, 0) is 21.5 Å². The third-order valence-electron chi connectivity index (χ3n) is 3.84. The highest BCUT2D eigenvalue weighted by molar-refractivity contribution is 7.10. The maximum Gasteiger partial charge on any atom is 0.310 e. The molecule has 0 amide bonds. The van der Waals surface area contributed by atoms with Crippen LogP contribution in [0.1, 0.15) is 31.2 Å². The fourth-order valence-corrected chi connectivity index (χ4v) is 3.61. The number of thiophene rings is 1. The molecule has 1 aliphatic carbocycles. The van der Waals surface area contributed by atoms with E-state index in [1.807, 2.05) is 0 Å². The molecule has 0 aliphatic heterocycles. The van der Waals surface area contributed by atoms with Crippen molar-refractivity contribution in [2.24, 2.45) is 5.73 Å². The van der Waals surface area contributed by atoms with Crippen LogP contribution in [0, 0.1) is 0 Å². The summed E-state index contributed by atoms with van der Waals surface area (Å²) in [5, 5.41) is 1.71. The molecule has 1 heterocycles. The number of methoxy groups -OCH3 is 1. The molecule has 0 radical (unpaired) electrons. The smallest absolute Gasteiger partial charge is 0.310 e. The summed E-state index contributed by atoms with van der Waals surface area (Å²) >= 11 is 1.28. The van der Waals surface area contributed by atoms with Crippen molar-refractivity contribution in [2.75, 3.05) is 7.11 Å². The summed E-state index contributed by atoms with van der Waals surface area (Å²) in [6, 6.07) is 8.20. The number of carbonyl (C=O) groups is 3. The van der Waals surface area contributed by atoms with Crippen LogP contribution < -0.4 is 5.73 Å². The molecule has 112 valence electrons. The third-order valence-corrected chi connectivity index (χ3v) is 4.76. The standard InChI is InChI=1S/C16H13NO4S/c1-21-13(18)8-12-11(6-7-22-12)16(17)14(19)9-4-2-3-5-10(9)15(16)20/h2-7H,8,17H2,1H3. The van der Waals surface area contributed by atoms with Crippen LogP contribution in [-0.4, -0.2) is 24.6 Å². The molecule has 0 unspecified atom stereocenters. The van der Waals surface area contributed by atoms with Gasteiger partial charge in [-0.1, -0.05) is 24.3 Å². The first kappa shape index (κ1) is 14.6. The van der Waals surface area contributed by atoms with Gasteiger partial charge in [0.05, 0.1) is 13.5 Å². The largest absolute Gasteiger partial charge is 0.469 e. The van der Waals surface area contributed by atoms with Crippen molar-refractivity contribution in [1.82, 2.24) is 0 Å². The number of ether oxygens (including phenoxy) is 1. The van der Waals surface area contributed by atoms with E-state index in [4.69, 9.17) is 5.73 Å². The Morgan fingerprint density at radius 2 is 1.77 bits per heavy atom. The molecule has 1 aromatic heterocycles. The average Bonchev–Trinajstić information content (AvgIpc) is 3.07. The first-order valence-electron chi connectivity index (χ1n) is 6.61. The van der Waals surface area contributed by atoms with Gasteiger partial charge in [-0.3, -0.25) is 14.4 Å². The molecule has 2 N–H and O–H groups in total. The van der Waals surface area contributed by atoms with E-state index < -0.39 is 23.1 Å². The molecule has 1 aromatic carbocycles. The van der Waals surface area contributed by atoms with E-state index in [2.05, 4.69) is 4.74 Å². The van der Waals surface area contributed by atoms with Gasteiger partial charge in [-0.05, 0) is 11.4 Å². The Kier molecular flexibility index (Phi) is 3.42. The molecule has 0 saturated heterocycles. The lowest BCUT2D eigenvalue weighted by Gasteiger charge is -2.21. The van der Waals surface area contributed by atoms with Crippen LogP contribution in [0.3, 0.4) is 0 Å². The Hall–Kier alpha value is -2.31. The van der Waals surface area contributed by atoms with E-state index in [0.717, 1.165) is 0 Å². The molecule has 22 heavy (non-hydrogen) atoms. The maximum absolute atomic E-state index is 12.7. The summed E-state index contributed by atoms with van der Waals surface area (Å²) in [4.78, 5) is 37.4. The molecular formula is C16H13NO4S. The van der Waals surface area contributed by atoms with Crippen molar-refractivity contribution < 1.29 is 19.1 Å². The fraction of sp³-hybridized carbons (Fsp3) is 0.188. The SMILES string of the molecule is COC(=O)Cc1sccc1C1(N)C(=O)c2ccccc2C1=O. The fourth-order valence-electron chi connectivity index (χ4n) is 2.68. The zero-order valence-electron chi connectivity index (χ0n) is 11.8. The number of benzene rings is 1. The first-order chi connectivity index (χ1) is 10.5. The molecule has 6 heteroatoms. The van der Waals surface area contributed by atoms with Crippen LogP contribution >= 0.6 is 11.3 Å². The van der Waals surface area contributed by atoms with Crippen molar-refractivity contribution in [3.8, 4) is 0 Å². The number of hydrogen-bond acceptors (Lipinski definition) is 6. The Morgan fingerprint density at radius 3 is 2.32 bits per heavy atom. The molecule has 3 rings (SSSR count). The van der Waals surface area contributed by atoms with Crippen molar-refractivity contribution in [3.63, 3.8) is 0 Å². The summed E-state index contributed by atoms with van der Waals surface area (Å²) in [7, 11) is 1.29. The van der Waals surface area contributed by atoms with Gasteiger partial charge in [0.1, 0.15) is 0 Å². The normalized spacial score (nSPS) is 15.7. The predicted octanol–water partition coefficient (Wildman–Crippen LogP) is 1.70. The minimum Gasteiger partial charge on any atom is -0.469 e. The molecule has 0 fully saturated rings. The molecule has 5 nitrogen and oxygen atoms in total. The second-order valence-electron chi connectivity index (χ2n) is 5.02. The van der Waals surface area contributed by atoms with Crippen LogP contribution in [0.4, 0.5) is 0 Å². The number of fused-ring (bicyclic) bond motifs is 1. The number of carbonyl (C=O) groups excluding carboxylic acids is 3. The molecule has 0 atom stereocenters. The van der Waals surface area contributed by atoms with E-state index in [0.29, 0.717) is 21.6 Å². The molecule has 0 spiro atoms. The van der Waals surface area contributed by atoms with Gasteiger partial charge in [0.25, 0.3) is 0 Å². The lowest BCUT2D eigenvalue weighted by Crippen LogP contribution is -2.47. The lowest BCUT2D eigenvalue weighted by molar-refractivity contribution is -0.139. The lowest BCUT2D eigenvalue weighted by atomic mass is 9.86. The molecular weight excluding hydrogens is 302 g/mol. The van der Waals surface area contributed by atoms with Crippen molar-refractivity contribution in [3.05, 3.63) is 57.3 Å². The maximum atomic E-state index is 12.7. The Balaban J connectivity index is 2.10. The monoisotopic (exact) mass is 315 g/mol. The Labute approximate surface area is 130 Å². The third kappa shape index (κ3) is 1.92. The molecule has 0 bridgehead atoms. The number of hydrogen-bond donors (Lipinski definition) is 1. The van der Waals surface area contributed by atoms with E-state index in [1.165, 1.54) is 18.4 Å². The summed E-state index contributed by atoms with van der Waals surface area (Å²) in [5.74, 6) is -1.31. The van der Waals surface area contributed by atoms with E-state index in [9.17, 15) is 14.4 Å². The van der Waals surface area contributed by atoms with Crippen LogP contribution in [0.5, 0.6) is 0 Å². The van der Waals surface area contributed by atoms with Gasteiger partial charge in [-0.25, -0.2) is 0 Å². The Morgan fingerprint density at radius 1 is 1.18 bits per heavy atom. The van der Waals surface area contributed by atoms with Crippen molar-refractivity contribution in [2.45, 2.75) is 12.0 Å². The summed E-state index contributed by atoms with van der Waals surface area (Å²) in [5.41, 5.74) is 5.51. The van der Waals surface area contributed by atoms with Crippen molar-refractivity contribution in [1.29, 1.82) is 0 Å². The average molecular weight is 315 g/mol. The van der Waals surface area contributed by atoms with E-state index in [1.54, 1.807) is 35.7 Å². The zero-order valence-corrected chi connectivity index (χ0v) is 12.6. The molecule has 0 saturated carbocycles. The highest BCUT2D eigenvalue weighted by Crippen LogP contribution is 2.38. The number of rotatable bonds is 3. The number of ketones is 2. The van der Waals surface area contributed by atoms with Gasteiger partial charge in [0, 0.05) is 21.6 Å². The van der Waals surface area contributed by atoms with Gasteiger partial charge in [0.15, 0.2) is 17.1 Å². The second-order valence-corrected chi connectivity index (χ2v) is 6.02. The number of esters is 1. The van der Waals surface area contributed by atoms with Gasteiger partial charge in [-0.2, -0.15) is 0 Å². The van der Waals surface area contributed by atoms with Crippen LogP contribution in [0.25, 0.3) is 0 Å². The first-order valence-corrected chi connectivity index (χ1v) is 7.49. The quantitative estimate of drug-likeness (QED) is 0.688.